The molecule has 3 N–H and O–H groups in total. The van der Waals surface area contributed by atoms with Crippen molar-refractivity contribution >= 4 is 22.7 Å². The summed E-state index contributed by atoms with van der Waals surface area (Å²) in [4.78, 5) is 11.4. The molecule has 0 amide bonds. The highest BCUT2D eigenvalue weighted by atomic mass is 15.3. The summed E-state index contributed by atoms with van der Waals surface area (Å²) in [6, 6.07) is 8.06. The first kappa shape index (κ1) is 15.5. The molecule has 0 bridgehead atoms. The van der Waals surface area contributed by atoms with Crippen LogP contribution in [-0.4, -0.2) is 23.1 Å². The van der Waals surface area contributed by atoms with Crippen LogP contribution in [0.4, 0.5) is 11.8 Å². The van der Waals surface area contributed by atoms with Crippen molar-refractivity contribution in [2.45, 2.75) is 27.7 Å². The fourth-order valence-electron chi connectivity index (χ4n) is 2.49. The summed E-state index contributed by atoms with van der Waals surface area (Å²) in [5, 5.41) is 1.07. The maximum Gasteiger partial charge on any atom is 0.239 e. The Morgan fingerprint density at radius 2 is 1.67 bits per heavy atom. The van der Waals surface area contributed by atoms with Gasteiger partial charge in [0.05, 0.1) is 5.52 Å². The van der Waals surface area contributed by atoms with Crippen LogP contribution in [0.5, 0.6) is 0 Å². The summed E-state index contributed by atoms with van der Waals surface area (Å²) in [5.41, 5.74) is 3.48. The molecule has 0 saturated heterocycles. The maximum absolute atomic E-state index is 5.52. The van der Waals surface area contributed by atoms with Crippen molar-refractivity contribution in [1.29, 1.82) is 0 Å². The Bertz CT molecular complexity index is 584. The van der Waals surface area contributed by atoms with Gasteiger partial charge in [-0.2, -0.15) is 4.98 Å². The number of hydrogen-bond acceptors (Lipinski definition) is 5. The molecule has 0 aliphatic carbocycles. The summed E-state index contributed by atoms with van der Waals surface area (Å²) < 4.78 is 0. The van der Waals surface area contributed by atoms with E-state index in [0.717, 1.165) is 29.8 Å². The first-order chi connectivity index (χ1) is 10.0. The van der Waals surface area contributed by atoms with E-state index in [1.165, 1.54) is 0 Å². The average molecular weight is 287 g/mol. The minimum atomic E-state index is 0.459. The molecule has 1 aromatic heterocycles. The molecule has 0 unspecified atom stereocenters. The van der Waals surface area contributed by atoms with E-state index in [9.17, 15) is 0 Å². The van der Waals surface area contributed by atoms with Crippen LogP contribution in [0.1, 0.15) is 27.7 Å². The molecule has 0 aliphatic heterocycles. The van der Waals surface area contributed by atoms with E-state index in [4.69, 9.17) is 5.84 Å². The number of rotatable bonds is 6. The van der Waals surface area contributed by atoms with Gasteiger partial charge in [0.2, 0.25) is 5.95 Å². The topological polar surface area (TPSA) is 67.1 Å². The number of nitrogen functional groups attached to an aromatic ring is 1. The second kappa shape index (κ2) is 6.72. The van der Waals surface area contributed by atoms with Crippen molar-refractivity contribution in [2.24, 2.45) is 17.7 Å². The van der Waals surface area contributed by atoms with Crippen LogP contribution >= 0.6 is 0 Å². The minimum absolute atomic E-state index is 0.459. The predicted octanol–water partition coefficient (Wildman–Crippen LogP) is 3.03. The highest BCUT2D eigenvalue weighted by Crippen LogP contribution is 2.26. The lowest BCUT2D eigenvalue weighted by molar-refractivity contribution is 0.550. The number of benzene rings is 1. The van der Waals surface area contributed by atoms with Crippen LogP contribution in [-0.2, 0) is 0 Å². The molecule has 0 aliphatic rings. The van der Waals surface area contributed by atoms with Crippen molar-refractivity contribution in [2.75, 3.05) is 23.4 Å². The maximum atomic E-state index is 5.52. The number of nitrogens with zero attached hydrogens (tertiary/aromatic N) is 3. The van der Waals surface area contributed by atoms with E-state index in [0.29, 0.717) is 17.8 Å². The number of hydrogen-bond donors (Lipinski definition) is 2. The van der Waals surface area contributed by atoms with Gasteiger partial charge >= 0.3 is 0 Å². The number of fused-ring (bicyclic) bond motifs is 1. The van der Waals surface area contributed by atoms with E-state index >= 15 is 0 Å². The van der Waals surface area contributed by atoms with E-state index in [1.54, 1.807) is 0 Å². The van der Waals surface area contributed by atoms with E-state index in [-0.39, 0.29) is 0 Å². The number of hydrazine groups is 1. The van der Waals surface area contributed by atoms with Gasteiger partial charge < -0.3 is 4.90 Å². The summed E-state index contributed by atoms with van der Waals surface area (Å²) in [6.45, 7) is 10.8. The predicted molar refractivity (Wildman–Crippen MR) is 89.2 cm³/mol. The van der Waals surface area contributed by atoms with Crippen LogP contribution in [0.25, 0.3) is 10.9 Å². The molecule has 1 heterocycles. The molecule has 5 nitrogen and oxygen atoms in total. The number of para-hydroxylation sites is 1. The summed E-state index contributed by atoms with van der Waals surface area (Å²) in [7, 11) is 0. The van der Waals surface area contributed by atoms with E-state index in [1.807, 2.05) is 18.2 Å². The van der Waals surface area contributed by atoms with Gasteiger partial charge in [0.25, 0.3) is 0 Å². The normalized spacial score (nSPS) is 11.4. The summed E-state index contributed by atoms with van der Waals surface area (Å²) in [5.74, 6) is 8.06. The number of anilines is 2. The molecular weight excluding hydrogens is 262 g/mol. The van der Waals surface area contributed by atoms with Crippen molar-refractivity contribution < 1.29 is 0 Å². The molecule has 21 heavy (non-hydrogen) atoms. The van der Waals surface area contributed by atoms with Gasteiger partial charge in [0.15, 0.2) is 0 Å². The molecule has 2 aromatic rings. The smallest absolute Gasteiger partial charge is 0.239 e. The first-order valence-corrected chi connectivity index (χ1v) is 7.49. The van der Waals surface area contributed by atoms with Gasteiger partial charge in [0.1, 0.15) is 5.82 Å². The Hall–Kier alpha value is -1.88. The van der Waals surface area contributed by atoms with Gasteiger partial charge in [-0.25, -0.2) is 10.8 Å². The molecule has 2 rings (SSSR count). The molecule has 0 atom stereocenters. The van der Waals surface area contributed by atoms with Crippen LogP contribution in [0.2, 0.25) is 0 Å². The van der Waals surface area contributed by atoms with Crippen molar-refractivity contribution in [3.8, 4) is 0 Å². The Labute approximate surface area is 126 Å². The van der Waals surface area contributed by atoms with Gasteiger partial charge in [-0.05, 0) is 24.0 Å². The molecule has 0 radical (unpaired) electrons. The Morgan fingerprint density at radius 1 is 1.05 bits per heavy atom. The third-order valence-corrected chi connectivity index (χ3v) is 3.18. The van der Waals surface area contributed by atoms with Gasteiger partial charge in [-0.3, -0.25) is 5.43 Å². The quantitative estimate of drug-likeness (QED) is 0.631. The standard InChI is InChI=1S/C16H25N5/c1-11(2)9-21(10-12(3)4)15-13-7-5-6-8-14(13)18-16(19-15)20-17/h5-8,11-12H,9-10,17H2,1-4H3,(H,18,19,20). The largest absolute Gasteiger partial charge is 0.355 e. The van der Waals surface area contributed by atoms with E-state index in [2.05, 4.69) is 54.1 Å². The number of aromatic nitrogens is 2. The van der Waals surface area contributed by atoms with Crippen molar-refractivity contribution in [3.63, 3.8) is 0 Å². The Kier molecular flexibility index (Phi) is 4.96. The zero-order valence-electron chi connectivity index (χ0n) is 13.3. The highest BCUT2D eigenvalue weighted by molar-refractivity contribution is 5.90. The second-order valence-corrected chi connectivity index (χ2v) is 6.22. The molecule has 114 valence electrons. The monoisotopic (exact) mass is 287 g/mol. The summed E-state index contributed by atoms with van der Waals surface area (Å²) >= 11 is 0. The first-order valence-electron chi connectivity index (χ1n) is 7.49. The third kappa shape index (κ3) is 3.82. The van der Waals surface area contributed by atoms with Crippen LogP contribution in [0, 0.1) is 11.8 Å². The molecule has 1 aromatic carbocycles. The fraction of sp³-hybridized carbons (Fsp3) is 0.500. The third-order valence-electron chi connectivity index (χ3n) is 3.18. The van der Waals surface area contributed by atoms with Gasteiger partial charge in [0, 0.05) is 18.5 Å². The molecular formula is C16H25N5. The lowest BCUT2D eigenvalue weighted by Gasteiger charge is -2.28. The van der Waals surface area contributed by atoms with Crippen LogP contribution < -0.4 is 16.2 Å². The average Bonchev–Trinajstić information content (AvgIpc) is 2.44. The number of nitrogens with two attached hydrogens (primary N) is 1. The lowest BCUT2D eigenvalue weighted by Crippen LogP contribution is -2.32. The second-order valence-electron chi connectivity index (χ2n) is 6.22. The lowest BCUT2D eigenvalue weighted by atomic mass is 10.1. The molecule has 0 spiro atoms. The number of nitrogens with one attached hydrogen (secondary N) is 1. The molecule has 0 fully saturated rings. The zero-order valence-corrected chi connectivity index (χ0v) is 13.3. The highest BCUT2D eigenvalue weighted by Gasteiger charge is 2.16. The molecule has 0 saturated carbocycles. The summed E-state index contributed by atoms with van der Waals surface area (Å²) in [6.07, 6.45) is 0. The van der Waals surface area contributed by atoms with E-state index < -0.39 is 0 Å². The minimum Gasteiger partial charge on any atom is -0.355 e. The van der Waals surface area contributed by atoms with Crippen LogP contribution in [0.15, 0.2) is 24.3 Å². The Balaban J connectivity index is 2.53. The SMILES string of the molecule is CC(C)CN(CC(C)C)c1nc(NN)nc2ccccc12. The zero-order chi connectivity index (χ0) is 15.4. The van der Waals surface area contributed by atoms with Crippen molar-refractivity contribution in [3.05, 3.63) is 24.3 Å². The van der Waals surface area contributed by atoms with Gasteiger partial charge in [-0.1, -0.05) is 39.8 Å². The van der Waals surface area contributed by atoms with Crippen LogP contribution in [0.3, 0.4) is 0 Å². The van der Waals surface area contributed by atoms with Gasteiger partial charge in [-0.15, -0.1) is 0 Å². The fourth-order valence-corrected chi connectivity index (χ4v) is 2.49. The molecule has 5 heteroatoms. The Morgan fingerprint density at radius 3 is 2.24 bits per heavy atom. The van der Waals surface area contributed by atoms with Crippen molar-refractivity contribution in [1.82, 2.24) is 9.97 Å².